The number of nitrogens with one attached hydrogen (secondary N) is 1. The smallest absolute Gasteiger partial charge is 0.257 e. The second kappa shape index (κ2) is 6.09. The van der Waals surface area contributed by atoms with Crippen molar-refractivity contribution >= 4 is 16.8 Å². The average Bonchev–Trinajstić information content (AvgIpc) is 2.94. The number of carbonyl (C=O) groups is 1. The Bertz CT molecular complexity index is 1070. The summed E-state index contributed by atoms with van der Waals surface area (Å²) in [5.41, 5.74) is 2.72. The Balaban J connectivity index is 1.71. The fourth-order valence-corrected chi connectivity index (χ4v) is 3.69. The molecule has 3 aromatic rings. The maximum Gasteiger partial charge on any atom is 0.257 e. The van der Waals surface area contributed by atoms with Crippen molar-refractivity contribution in [3.63, 3.8) is 0 Å². The Labute approximate surface area is 150 Å². The van der Waals surface area contributed by atoms with Crippen molar-refractivity contribution in [3.05, 3.63) is 81.4 Å². The average molecular weight is 350 g/mol. The molecule has 0 spiro atoms. The van der Waals surface area contributed by atoms with Crippen molar-refractivity contribution in [2.24, 2.45) is 0 Å². The van der Waals surface area contributed by atoms with Gasteiger partial charge in [0.05, 0.1) is 11.6 Å². The number of rotatable bonds is 3. The lowest BCUT2D eigenvalue weighted by Crippen LogP contribution is -2.31. The molecule has 1 aliphatic rings. The topological polar surface area (TPSA) is 51.1 Å². The van der Waals surface area contributed by atoms with Crippen LogP contribution in [-0.2, 0) is 6.42 Å². The van der Waals surface area contributed by atoms with Gasteiger partial charge in [0.1, 0.15) is 11.4 Å². The molecular weight excluding hydrogens is 331 g/mol. The van der Waals surface area contributed by atoms with Gasteiger partial charge in [-0.05, 0) is 49.6 Å². The molecule has 4 nitrogen and oxygen atoms in total. The lowest BCUT2D eigenvalue weighted by atomic mass is 10.1. The van der Waals surface area contributed by atoms with Crippen LogP contribution in [0.15, 0.2) is 53.5 Å². The summed E-state index contributed by atoms with van der Waals surface area (Å²) in [4.78, 5) is 25.6. The predicted molar refractivity (Wildman–Crippen MR) is 98.9 cm³/mol. The number of aromatic nitrogens is 1. The van der Waals surface area contributed by atoms with Gasteiger partial charge in [0.2, 0.25) is 5.43 Å². The fourth-order valence-electron chi connectivity index (χ4n) is 3.69. The van der Waals surface area contributed by atoms with Crippen LogP contribution >= 0.6 is 0 Å². The van der Waals surface area contributed by atoms with Gasteiger partial charge in [-0.3, -0.25) is 9.59 Å². The van der Waals surface area contributed by atoms with Gasteiger partial charge < -0.3 is 9.88 Å². The molecule has 26 heavy (non-hydrogen) atoms. The molecule has 0 saturated heterocycles. The molecule has 0 radical (unpaired) electrons. The van der Waals surface area contributed by atoms with E-state index in [9.17, 15) is 14.0 Å². The van der Waals surface area contributed by atoms with E-state index in [2.05, 4.69) is 12.2 Å². The Morgan fingerprint density at radius 2 is 1.96 bits per heavy atom. The van der Waals surface area contributed by atoms with Gasteiger partial charge >= 0.3 is 0 Å². The second-order valence-corrected chi connectivity index (χ2v) is 6.89. The Hall–Kier alpha value is -2.95. The van der Waals surface area contributed by atoms with Gasteiger partial charge in [0.25, 0.3) is 5.91 Å². The zero-order valence-corrected chi connectivity index (χ0v) is 14.6. The molecule has 4 rings (SSSR count). The van der Waals surface area contributed by atoms with Gasteiger partial charge in [-0.15, -0.1) is 0 Å². The van der Waals surface area contributed by atoms with Crippen molar-refractivity contribution in [1.82, 2.24) is 9.88 Å². The minimum absolute atomic E-state index is 0.136. The van der Waals surface area contributed by atoms with Crippen LogP contribution in [0, 0.1) is 5.82 Å². The molecule has 5 heteroatoms. The molecule has 2 atom stereocenters. The molecule has 132 valence electrons. The van der Waals surface area contributed by atoms with E-state index in [4.69, 9.17) is 0 Å². The van der Waals surface area contributed by atoms with E-state index in [1.165, 1.54) is 12.1 Å². The highest BCUT2D eigenvalue weighted by molar-refractivity contribution is 5.98. The fraction of sp³-hybridized carbons (Fsp3) is 0.238. The van der Waals surface area contributed by atoms with E-state index in [1.807, 2.05) is 23.6 Å². The molecule has 2 aromatic carbocycles. The van der Waals surface area contributed by atoms with E-state index in [0.29, 0.717) is 5.39 Å². The van der Waals surface area contributed by atoms with Crippen molar-refractivity contribution in [3.8, 4) is 0 Å². The van der Waals surface area contributed by atoms with Gasteiger partial charge in [0, 0.05) is 17.6 Å². The first kappa shape index (κ1) is 16.5. The monoisotopic (exact) mass is 350 g/mol. The Morgan fingerprint density at radius 3 is 2.69 bits per heavy atom. The van der Waals surface area contributed by atoms with E-state index >= 15 is 0 Å². The van der Waals surface area contributed by atoms with Crippen LogP contribution in [-0.4, -0.2) is 10.5 Å². The first-order valence-corrected chi connectivity index (χ1v) is 8.69. The Kier molecular flexibility index (Phi) is 3.87. The normalized spacial score (nSPS) is 16.7. The van der Waals surface area contributed by atoms with Gasteiger partial charge in [-0.25, -0.2) is 4.39 Å². The first-order valence-electron chi connectivity index (χ1n) is 8.69. The third-order valence-corrected chi connectivity index (χ3v) is 5.09. The maximum atomic E-state index is 13.1. The van der Waals surface area contributed by atoms with Crippen LogP contribution < -0.4 is 10.7 Å². The summed E-state index contributed by atoms with van der Waals surface area (Å²) in [7, 11) is 0. The quantitative estimate of drug-likeness (QED) is 0.782. The third-order valence-electron chi connectivity index (χ3n) is 5.09. The van der Waals surface area contributed by atoms with E-state index in [1.54, 1.807) is 24.4 Å². The molecule has 2 heterocycles. The molecule has 0 fully saturated rings. The maximum absolute atomic E-state index is 13.1. The van der Waals surface area contributed by atoms with Gasteiger partial charge in [-0.2, -0.15) is 0 Å². The molecule has 1 amide bonds. The molecule has 0 saturated carbocycles. The lowest BCUT2D eigenvalue weighted by Gasteiger charge is -2.16. The highest BCUT2D eigenvalue weighted by atomic mass is 19.1. The highest BCUT2D eigenvalue weighted by Crippen LogP contribution is 2.30. The van der Waals surface area contributed by atoms with Crippen molar-refractivity contribution < 1.29 is 9.18 Å². The largest absolute Gasteiger partial charge is 0.345 e. The molecular formula is C21H19FN2O2. The van der Waals surface area contributed by atoms with Crippen LogP contribution in [0.4, 0.5) is 4.39 Å². The molecule has 1 N–H and O–H groups in total. The van der Waals surface area contributed by atoms with Crippen LogP contribution in [0.5, 0.6) is 0 Å². The number of pyridine rings is 1. The summed E-state index contributed by atoms with van der Waals surface area (Å²) in [6, 6.07) is 11.5. The van der Waals surface area contributed by atoms with Crippen molar-refractivity contribution in [1.29, 1.82) is 0 Å². The zero-order chi connectivity index (χ0) is 18.4. The number of benzene rings is 2. The molecule has 0 aliphatic carbocycles. The summed E-state index contributed by atoms with van der Waals surface area (Å²) in [5, 5.41) is 3.42. The van der Waals surface area contributed by atoms with E-state index in [-0.39, 0.29) is 28.9 Å². The second-order valence-electron chi connectivity index (χ2n) is 6.89. The van der Waals surface area contributed by atoms with Crippen LogP contribution in [0.3, 0.4) is 0 Å². The summed E-state index contributed by atoms with van der Waals surface area (Å²) in [6.45, 7) is 3.89. The predicted octanol–water partition coefficient (Wildman–Crippen LogP) is 3.75. The highest BCUT2D eigenvalue weighted by Gasteiger charge is 2.24. The SMILES string of the molecule is C[C@H](NC(=O)c1cn2c3c(cccc3c1=O)C[C@@H]2C)c1ccc(F)cc1. The van der Waals surface area contributed by atoms with E-state index < -0.39 is 5.91 Å². The summed E-state index contributed by atoms with van der Waals surface area (Å²) in [5.74, 6) is -0.741. The van der Waals surface area contributed by atoms with Gasteiger partial charge in [-0.1, -0.05) is 24.3 Å². The number of halogens is 1. The number of carbonyl (C=O) groups excluding carboxylic acids is 1. The number of nitrogens with zero attached hydrogens (tertiary/aromatic N) is 1. The molecule has 0 unspecified atom stereocenters. The first-order chi connectivity index (χ1) is 12.5. The number of hydrogen-bond acceptors (Lipinski definition) is 2. The van der Waals surface area contributed by atoms with Crippen LogP contribution in [0.25, 0.3) is 10.9 Å². The molecule has 1 aliphatic heterocycles. The minimum atomic E-state index is -0.415. The number of para-hydroxylation sites is 1. The minimum Gasteiger partial charge on any atom is -0.345 e. The van der Waals surface area contributed by atoms with Crippen LogP contribution in [0.1, 0.15) is 47.4 Å². The zero-order valence-electron chi connectivity index (χ0n) is 14.6. The van der Waals surface area contributed by atoms with Crippen molar-refractivity contribution in [2.75, 3.05) is 0 Å². The number of amides is 1. The standard InChI is InChI=1S/C21H19FN2O2/c1-12-10-15-4-3-5-17-19(15)24(12)11-18(20(17)25)21(26)23-13(2)14-6-8-16(22)9-7-14/h3-9,11-13H,10H2,1-2H3,(H,23,26)/t12-,13-/m0/s1. The molecule has 0 bridgehead atoms. The lowest BCUT2D eigenvalue weighted by molar-refractivity contribution is 0.0938. The summed E-state index contributed by atoms with van der Waals surface area (Å²) < 4.78 is 15.1. The summed E-state index contributed by atoms with van der Waals surface area (Å²) in [6.07, 6.45) is 2.52. The van der Waals surface area contributed by atoms with Crippen molar-refractivity contribution in [2.45, 2.75) is 32.4 Å². The Morgan fingerprint density at radius 1 is 1.23 bits per heavy atom. The van der Waals surface area contributed by atoms with Gasteiger partial charge in [0.15, 0.2) is 0 Å². The molecule has 1 aromatic heterocycles. The van der Waals surface area contributed by atoms with E-state index in [0.717, 1.165) is 23.1 Å². The van der Waals surface area contributed by atoms with Crippen LogP contribution in [0.2, 0.25) is 0 Å². The summed E-state index contributed by atoms with van der Waals surface area (Å²) >= 11 is 0. The third kappa shape index (κ3) is 2.60. The number of hydrogen-bond donors (Lipinski definition) is 1.